The van der Waals surface area contributed by atoms with Crippen molar-refractivity contribution in [3.05, 3.63) is 68.7 Å². The van der Waals surface area contributed by atoms with Crippen molar-refractivity contribution >= 4 is 55.8 Å². The van der Waals surface area contributed by atoms with Gasteiger partial charge in [0, 0.05) is 16.1 Å². The number of fused-ring (bicyclic) bond motifs is 1. The molecular weight excluding hydrogens is 552 g/mol. The van der Waals surface area contributed by atoms with Crippen LogP contribution in [0.3, 0.4) is 0 Å². The molecule has 5 rings (SSSR count). The highest BCUT2D eigenvalue weighted by Gasteiger charge is 2.23. The average Bonchev–Trinajstić information content (AvgIpc) is 3.45. The van der Waals surface area contributed by atoms with Crippen LogP contribution in [-0.4, -0.2) is 34.7 Å². The minimum absolute atomic E-state index is 0.131. The van der Waals surface area contributed by atoms with Crippen LogP contribution >= 0.6 is 38.9 Å². The monoisotopic (exact) mass is 574 g/mol. The molecule has 7 nitrogen and oxygen atoms in total. The van der Waals surface area contributed by atoms with Gasteiger partial charge in [-0.25, -0.2) is 4.98 Å². The van der Waals surface area contributed by atoms with Gasteiger partial charge in [-0.1, -0.05) is 39.7 Å². The topological polar surface area (TPSA) is 91.4 Å². The Morgan fingerprint density at radius 1 is 1.26 bits per heavy atom. The maximum atomic E-state index is 12.3. The summed E-state index contributed by atoms with van der Waals surface area (Å²) in [6.45, 7) is 3.75. The Morgan fingerprint density at radius 2 is 2.06 bits per heavy atom. The van der Waals surface area contributed by atoms with Crippen molar-refractivity contribution in [1.82, 2.24) is 14.9 Å². The number of nitrogens with two attached hydrogens (primary N) is 1. The number of piperidine rings is 1. The van der Waals surface area contributed by atoms with E-state index in [1.807, 2.05) is 54.0 Å². The molecule has 0 bridgehead atoms. The number of nitrogens with zero attached hydrogens (tertiary/aromatic N) is 2. The normalized spacial score (nSPS) is 15.3. The fraction of sp³-hybridized carbons (Fsp3) is 0.280. The molecule has 2 aromatic heterocycles. The van der Waals surface area contributed by atoms with E-state index < -0.39 is 12.0 Å². The molecule has 10 heteroatoms. The van der Waals surface area contributed by atoms with Gasteiger partial charge < -0.3 is 20.5 Å². The summed E-state index contributed by atoms with van der Waals surface area (Å²) in [6.07, 6.45) is 3.29. The number of thiophene rings is 1. The number of carbonyl (C=O) groups is 1. The average molecular weight is 576 g/mol. The lowest BCUT2D eigenvalue weighted by Crippen LogP contribution is -2.34. The molecule has 182 valence electrons. The van der Waals surface area contributed by atoms with Crippen LogP contribution < -0.4 is 20.5 Å². The first kappa shape index (κ1) is 24.1. The predicted octanol–water partition coefficient (Wildman–Crippen LogP) is 5.87. The molecule has 1 saturated heterocycles. The summed E-state index contributed by atoms with van der Waals surface area (Å²) in [6, 6.07) is 13.3. The second-order valence-corrected chi connectivity index (χ2v) is 10.7. The van der Waals surface area contributed by atoms with E-state index in [-0.39, 0.29) is 6.10 Å². The zero-order valence-corrected chi connectivity index (χ0v) is 22.1. The number of carbonyl (C=O) groups excluding carboxylic acids is 1. The highest BCUT2D eigenvalue weighted by molar-refractivity contribution is 9.10. The fourth-order valence-electron chi connectivity index (χ4n) is 4.18. The summed E-state index contributed by atoms with van der Waals surface area (Å²) in [7, 11) is 0. The van der Waals surface area contributed by atoms with Gasteiger partial charge in [0.1, 0.15) is 39.9 Å². The number of halogens is 2. The number of hydrogen-bond acceptors (Lipinski definition) is 6. The Bertz CT molecular complexity index is 1380. The predicted molar refractivity (Wildman–Crippen MR) is 142 cm³/mol. The Labute approximate surface area is 220 Å². The summed E-state index contributed by atoms with van der Waals surface area (Å²) < 4.78 is 15.3. The van der Waals surface area contributed by atoms with Gasteiger partial charge in [-0.05, 0) is 57.1 Å². The van der Waals surface area contributed by atoms with Crippen molar-refractivity contribution in [3.8, 4) is 16.5 Å². The molecule has 2 aromatic carbocycles. The highest BCUT2D eigenvalue weighted by atomic mass is 79.9. The SMILES string of the molecule is CC(Oc1cc(-n2cnc3ccc(Br)cc32)sc1C(N)=O)c1cccc(OC2CCNCC2)c1Cl. The lowest BCUT2D eigenvalue weighted by molar-refractivity contribution is 0.0998. The number of nitrogens with one attached hydrogen (secondary N) is 1. The number of amides is 1. The van der Waals surface area contributed by atoms with Crippen molar-refractivity contribution < 1.29 is 14.3 Å². The van der Waals surface area contributed by atoms with Gasteiger partial charge in [0.25, 0.3) is 5.91 Å². The molecule has 1 fully saturated rings. The lowest BCUT2D eigenvalue weighted by Gasteiger charge is -2.25. The summed E-state index contributed by atoms with van der Waals surface area (Å²) in [5.74, 6) is 0.494. The molecule has 3 heterocycles. The minimum atomic E-state index is -0.553. The number of aromatic nitrogens is 2. The molecule has 0 radical (unpaired) electrons. The minimum Gasteiger partial charge on any atom is -0.489 e. The Balaban J connectivity index is 1.43. The molecule has 0 aliphatic carbocycles. The third-order valence-electron chi connectivity index (χ3n) is 5.97. The summed E-state index contributed by atoms with van der Waals surface area (Å²) in [5, 5.41) is 4.62. The summed E-state index contributed by atoms with van der Waals surface area (Å²) in [4.78, 5) is 17.0. The van der Waals surface area contributed by atoms with Gasteiger partial charge in [-0.2, -0.15) is 0 Å². The molecule has 3 N–H and O–H groups in total. The van der Waals surface area contributed by atoms with Gasteiger partial charge in [-0.15, -0.1) is 11.3 Å². The van der Waals surface area contributed by atoms with Gasteiger partial charge in [0.2, 0.25) is 0 Å². The van der Waals surface area contributed by atoms with Crippen LogP contribution in [0.25, 0.3) is 16.0 Å². The third-order valence-corrected chi connectivity index (χ3v) is 8.00. The van der Waals surface area contributed by atoms with E-state index in [1.54, 1.807) is 6.33 Å². The van der Waals surface area contributed by atoms with Crippen molar-refractivity contribution in [2.24, 2.45) is 5.73 Å². The first-order valence-electron chi connectivity index (χ1n) is 11.3. The number of benzene rings is 2. The first-order valence-corrected chi connectivity index (χ1v) is 13.3. The van der Waals surface area contributed by atoms with E-state index in [9.17, 15) is 4.79 Å². The Morgan fingerprint density at radius 3 is 2.83 bits per heavy atom. The van der Waals surface area contributed by atoms with E-state index in [4.69, 9.17) is 26.8 Å². The standard InChI is InChI=1S/C25H24BrClN4O3S/c1-14(17-3-2-4-20(23(17)27)34-16-7-9-29-10-8-16)33-21-12-22(35-24(21)25(28)32)31-13-30-18-6-5-15(26)11-19(18)31/h2-6,11-14,16,29H,7-10H2,1H3,(H2,28,32). The van der Waals surface area contributed by atoms with Crippen molar-refractivity contribution in [2.75, 3.05) is 13.1 Å². The number of ether oxygens (including phenoxy) is 2. The maximum Gasteiger partial charge on any atom is 0.262 e. The fourth-order valence-corrected chi connectivity index (χ4v) is 5.78. The van der Waals surface area contributed by atoms with Crippen molar-refractivity contribution in [1.29, 1.82) is 0 Å². The summed E-state index contributed by atoms with van der Waals surface area (Å²) >= 11 is 11.5. The number of rotatable bonds is 7. The summed E-state index contributed by atoms with van der Waals surface area (Å²) in [5.41, 5.74) is 8.22. The van der Waals surface area contributed by atoms with E-state index in [1.165, 1.54) is 11.3 Å². The molecule has 35 heavy (non-hydrogen) atoms. The molecule has 0 spiro atoms. The molecule has 1 atom stereocenters. The van der Waals surface area contributed by atoms with Crippen LogP contribution in [0.5, 0.6) is 11.5 Å². The highest BCUT2D eigenvalue weighted by Crippen LogP contribution is 2.39. The van der Waals surface area contributed by atoms with E-state index in [0.717, 1.165) is 52.0 Å². The van der Waals surface area contributed by atoms with Gasteiger partial charge in [-0.3, -0.25) is 9.36 Å². The van der Waals surface area contributed by atoms with E-state index in [0.29, 0.717) is 21.4 Å². The van der Waals surface area contributed by atoms with Crippen molar-refractivity contribution in [3.63, 3.8) is 0 Å². The molecule has 1 aliphatic rings. The quantitative estimate of drug-likeness (QED) is 0.287. The Hall–Kier alpha value is -2.59. The molecule has 1 unspecified atom stereocenters. The van der Waals surface area contributed by atoms with Crippen LogP contribution in [0.2, 0.25) is 5.02 Å². The molecule has 1 aliphatic heterocycles. The van der Waals surface area contributed by atoms with Gasteiger partial charge >= 0.3 is 0 Å². The van der Waals surface area contributed by atoms with Crippen LogP contribution in [-0.2, 0) is 0 Å². The van der Waals surface area contributed by atoms with Gasteiger partial charge in [0.15, 0.2) is 0 Å². The smallest absolute Gasteiger partial charge is 0.262 e. The largest absolute Gasteiger partial charge is 0.489 e. The second kappa shape index (κ2) is 10.2. The lowest BCUT2D eigenvalue weighted by atomic mass is 10.1. The number of primary amides is 1. The van der Waals surface area contributed by atoms with Gasteiger partial charge in [0.05, 0.1) is 16.1 Å². The van der Waals surface area contributed by atoms with E-state index in [2.05, 4.69) is 26.2 Å². The second-order valence-electron chi connectivity index (χ2n) is 8.38. The zero-order chi connectivity index (χ0) is 24.5. The number of imidazole rings is 1. The van der Waals surface area contributed by atoms with Crippen LogP contribution in [0.15, 0.2) is 53.3 Å². The molecule has 1 amide bonds. The molecule has 4 aromatic rings. The first-order chi connectivity index (χ1) is 16.9. The number of hydrogen-bond donors (Lipinski definition) is 2. The van der Waals surface area contributed by atoms with E-state index >= 15 is 0 Å². The molecule has 0 saturated carbocycles. The Kier molecular flexibility index (Phi) is 7.02. The molecular formula is C25H24BrClN4O3S. The zero-order valence-electron chi connectivity index (χ0n) is 19.0. The van der Waals surface area contributed by atoms with Crippen LogP contribution in [0.4, 0.5) is 0 Å². The van der Waals surface area contributed by atoms with Crippen LogP contribution in [0, 0.1) is 0 Å². The van der Waals surface area contributed by atoms with Crippen molar-refractivity contribution in [2.45, 2.75) is 32.0 Å². The maximum absolute atomic E-state index is 12.3. The van der Waals surface area contributed by atoms with Crippen LogP contribution in [0.1, 0.15) is 41.1 Å². The third kappa shape index (κ3) is 5.04.